The Kier molecular flexibility index (Phi) is 4.28. The van der Waals surface area contributed by atoms with E-state index in [-0.39, 0.29) is 17.2 Å². The zero-order chi connectivity index (χ0) is 15.0. The van der Waals surface area contributed by atoms with Gasteiger partial charge in [-0.1, -0.05) is 6.07 Å². The lowest BCUT2D eigenvalue weighted by Crippen LogP contribution is -2.70. The minimum Gasteiger partial charge on any atom is -0.341 e. The number of hydrogen-bond donors (Lipinski definition) is 1. The van der Waals surface area contributed by atoms with Gasteiger partial charge < -0.3 is 10.2 Å². The first-order chi connectivity index (χ1) is 10.1. The summed E-state index contributed by atoms with van der Waals surface area (Å²) in [7, 11) is 0. The largest absolute Gasteiger partial charge is 0.341 e. The van der Waals surface area contributed by atoms with Crippen LogP contribution in [0.3, 0.4) is 0 Å². The van der Waals surface area contributed by atoms with Crippen LogP contribution in [0, 0.1) is 0 Å². The van der Waals surface area contributed by atoms with E-state index in [1.54, 1.807) is 28.0 Å². The van der Waals surface area contributed by atoms with Crippen molar-refractivity contribution in [3.63, 3.8) is 0 Å². The van der Waals surface area contributed by atoms with Crippen LogP contribution in [0.4, 0.5) is 0 Å². The molecule has 1 N–H and O–H groups in total. The number of amides is 2. The van der Waals surface area contributed by atoms with Crippen molar-refractivity contribution in [1.29, 1.82) is 0 Å². The highest BCUT2D eigenvalue weighted by atomic mass is 35.5. The average molecular weight is 343 g/mol. The van der Waals surface area contributed by atoms with Crippen molar-refractivity contribution in [2.45, 2.75) is 24.8 Å². The molecular formula is C14H15ClN2O2S2. The summed E-state index contributed by atoms with van der Waals surface area (Å²) in [6.45, 7) is 2.61. The number of allylic oxidation sites excluding steroid dienone is 1. The number of halogens is 1. The van der Waals surface area contributed by atoms with Gasteiger partial charge in [-0.2, -0.15) is 0 Å². The molecule has 3 rings (SSSR count). The summed E-state index contributed by atoms with van der Waals surface area (Å²) in [4.78, 5) is 28.1. The molecule has 1 fully saturated rings. The number of carbonyl (C=O) groups is 2. The maximum atomic E-state index is 12.1. The Hall–Kier alpha value is -0.980. The fraction of sp³-hybridized carbons (Fsp3) is 0.429. The van der Waals surface area contributed by atoms with Gasteiger partial charge in [-0.15, -0.1) is 34.7 Å². The molecule has 2 unspecified atom stereocenters. The van der Waals surface area contributed by atoms with Crippen LogP contribution in [-0.2, 0) is 16.0 Å². The topological polar surface area (TPSA) is 49.4 Å². The minimum absolute atomic E-state index is 0.0109. The Labute approximate surface area is 136 Å². The second-order valence-electron chi connectivity index (χ2n) is 5.07. The second kappa shape index (κ2) is 6.02. The first-order valence-corrected chi connectivity index (χ1v) is 8.93. The summed E-state index contributed by atoms with van der Waals surface area (Å²) in [5.74, 6) is 0.341. The van der Waals surface area contributed by atoms with Gasteiger partial charge in [0, 0.05) is 17.3 Å². The molecule has 2 aliphatic rings. The predicted octanol–water partition coefficient (Wildman–Crippen LogP) is 2.20. The maximum Gasteiger partial charge on any atom is 0.249 e. The van der Waals surface area contributed by atoms with Gasteiger partial charge in [-0.3, -0.25) is 9.59 Å². The van der Waals surface area contributed by atoms with Crippen molar-refractivity contribution >= 4 is 46.5 Å². The molecule has 0 saturated carbocycles. The monoisotopic (exact) mass is 342 g/mol. The summed E-state index contributed by atoms with van der Waals surface area (Å²) in [6, 6.07) is 3.44. The first-order valence-electron chi connectivity index (χ1n) is 6.63. The van der Waals surface area contributed by atoms with Crippen LogP contribution in [0.2, 0.25) is 0 Å². The number of hydrogen-bond acceptors (Lipinski definition) is 4. The number of thioether (sulfide) groups is 1. The minimum atomic E-state index is -0.408. The van der Waals surface area contributed by atoms with Crippen LogP contribution < -0.4 is 5.32 Å². The molecule has 4 nitrogen and oxygen atoms in total. The number of fused-ring (bicyclic) bond motifs is 1. The number of carbonyl (C=O) groups excluding carboxylic acids is 2. The molecule has 2 aliphatic heterocycles. The van der Waals surface area contributed by atoms with Crippen LogP contribution in [0.5, 0.6) is 0 Å². The molecule has 3 heterocycles. The van der Waals surface area contributed by atoms with Gasteiger partial charge >= 0.3 is 0 Å². The number of thiophene rings is 1. The molecule has 0 spiro atoms. The lowest BCUT2D eigenvalue weighted by Gasteiger charge is -2.49. The Morgan fingerprint density at radius 1 is 1.57 bits per heavy atom. The van der Waals surface area contributed by atoms with Crippen molar-refractivity contribution in [2.24, 2.45) is 0 Å². The number of rotatable bonds is 4. The van der Waals surface area contributed by atoms with Crippen LogP contribution in [0.25, 0.3) is 0 Å². The van der Waals surface area contributed by atoms with Gasteiger partial charge in [-0.05, 0) is 28.8 Å². The summed E-state index contributed by atoms with van der Waals surface area (Å²) in [6.07, 6.45) is 0.334. The number of nitrogens with one attached hydrogen (secondary N) is 1. The third-order valence-electron chi connectivity index (χ3n) is 3.69. The molecular weight excluding hydrogens is 328 g/mol. The van der Waals surface area contributed by atoms with E-state index >= 15 is 0 Å². The van der Waals surface area contributed by atoms with Crippen molar-refractivity contribution in [3.8, 4) is 0 Å². The van der Waals surface area contributed by atoms with E-state index in [9.17, 15) is 9.59 Å². The molecule has 7 heteroatoms. The molecule has 0 aliphatic carbocycles. The van der Waals surface area contributed by atoms with E-state index < -0.39 is 6.04 Å². The van der Waals surface area contributed by atoms with Gasteiger partial charge in [0.25, 0.3) is 0 Å². The van der Waals surface area contributed by atoms with E-state index in [2.05, 4.69) is 5.32 Å². The lowest BCUT2D eigenvalue weighted by atomic mass is 10.0. The normalized spacial score (nSPS) is 24.7. The summed E-state index contributed by atoms with van der Waals surface area (Å²) in [5, 5.41) is 4.81. The third-order valence-corrected chi connectivity index (χ3v) is 6.30. The quantitative estimate of drug-likeness (QED) is 0.674. The smallest absolute Gasteiger partial charge is 0.249 e. The van der Waals surface area contributed by atoms with Crippen LogP contribution in [-0.4, -0.2) is 40.6 Å². The van der Waals surface area contributed by atoms with Crippen molar-refractivity contribution in [3.05, 3.63) is 32.9 Å². The Morgan fingerprint density at radius 3 is 3.05 bits per heavy atom. The first kappa shape index (κ1) is 14.9. The van der Waals surface area contributed by atoms with E-state index in [0.717, 1.165) is 15.4 Å². The van der Waals surface area contributed by atoms with Gasteiger partial charge in [0.05, 0.1) is 6.42 Å². The number of alkyl halides is 1. The molecule has 1 aromatic heterocycles. The molecule has 112 valence electrons. The van der Waals surface area contributed by atoms with Crippen molar-refractivity contribution in [2.75, 3.05) is 12.4 Å². The third kappa shape index (κ3) is 2.84. The molecule has 2 atom stereocenters. The standard InChI is InChI=1S/C14H15ClN2O2S2/c1-8-9(6-15)7-17-13(19)12(14(17)21-8)16-11(18)5-10-3-2-4-20-10/h2-4,12,14H,5-7H2,1H3,(H,16,18). The summed E-state index contributed by atoms with van der Waals surface area (Å²) >= 11 is 9.05. The Morgan fingerprint density at radius 2 is 2.38 bits per heavy atom. The fourth-order valence-corrected chi connectivity index (χ4v) is 4.83. The zero-order valence-corrected chi connectivity index (χ0v) is 13.9. The van der Waals surface area contributed by atoms with Gasteiger partial charge in [0.1, 0.15) is 11.4 Å². The predicted molar refractivity (Wildman–Crippen MR) is 86.5 cm³/mol. The van der Waals surface area contributed by atoms with Crippen LogP contribution in [0.1, 0.15) is 11.8 Å². The number of β-lactam (4-membered cyclic amide) rings is 1. The highest BCUT2D eigenvalue weighted by molar-refractivity contribution is 8.03. The zero-order valence-electron chi connectivity index (χ0n) is 11.5. The average Bonchev–Trinajstić information content (AvgIpc) is 2.97. The number of nitrogens with zero attached hydrogens (tertiary/aromatic N) is 1. The van der Waals surface area contributed by atoms with E-state index in [1.165, 1.54) is 0 Å². The van der Waals surface area contributed by atoms with Crippen molar-refractivity contribution < 1.29 is 9.59 Å². The Bertz CT molecular complexity index is 600. The van der Waals surface area contributed by atoms with E-state index in [0.29, 0.717) is 18.8 Å². The maximum absolute atomic E-state index is 12.1. The van der Waals surface area contributed by atoms with Gasteiger partial charge in [-0.25, -0.2) is 0 Å². The fourth-order valence-electron chi connectivity index (χ4n) is 2.47. The van der Waals surface area contributed by atoms with Crippen LogP contribution >= 0.6 is 34.7 Å². The van der Waals surface area contributed by atoms with Crippen LogP contribution in [0.15, 0.2) is 28.0 Å². The SMILES string of the molecule is CC1=C(CCl)CN2C(=O)C(NC(=O)Cc3cccs3)C2S1. The summed E-state index contributed by atoms with van der Waals surface area (Å²) in [5.41, 5.74) is 1.09. The molecule has 0 aromatic carbocycles. The molecule has 0 radical (unpaired) electrons. The molecule has 0 bridgehead atoms. The molecule has 1 saturated heterocycles. The highest BCUT2D eigenvalue weighted by Gasteiger charge is 2.50. The lowest BCUT2D eigenvalue weighted by molar-refractivity contribution is -0.148. The highest BCUT2D eigenvalue weighted by Crippen LogP contribution is 2.40. The van der Waals surface area contributed by atoms with E-state index in [4.69, 9.17) is 11.6 Å². The Balaban J connectivity index is 1.62. The molecule has 2 amide bonds. The van der Waals surface area contributed by atoms with Gasteiger partial charge in [0.2, 0.25) is 11.8 Å². The van der Waals surface area contributed by atoms with E-state index in [1.807, 2.05) is 24.4 Å². The second-order valence-corrected chi connectivity index (χ2v) is 7.70. The van der Waals surface area contributed by atoms with Crippen molar-refractivity contribution in [1.82, 2.24) is 10.2 Å². The summed E-state index contributed by atoms with van der Waals surface area (Å²) < 4.78 is 0. The molecule has 21 heavy (non-hydrogen) atoms. The van der Waals surface area contributed by atoms with Gasteiger partial charge in [0.15, 0.2) is 0 Å². The molecule has 1 aromatic rings.